The summed E-state index contributed by atoms with van der Waals surface area (Å²) in [5, 5.41) is 6.15. The van der Waals surface area contributed by atoms with Crippen molar-refractivity contribution in [2.45, 2.75) is 59.6 Å². The Kier molecular flexibility index (Phi) is 14.0. The number of carbonyl (C=O) groups is 1. The first-order valence-electron chi connectivity index (χ1n) is 7.07. The van der Waals surface area contributed by atoms with Gasteiger partial charge in [0.05, 0.1) is 12.7 Å². The van der Waals surface area contributed by atoms with Crippen LogP contribution in [-0.4, -0.2) is 37.7 Å². The van der Waals surface area contributed by atoms with E-state index in [0.29, 0.717) is 31.5 Å². The Bertz CT molecular complexity index is 225. The van der Waals surface area contributed by atoms with Crippen LogP contribution in [0.5, 0.6) is 0 Å². The summed E-state index contributed by atoms with van der Waals surface area (Å²) in [6.07, 6.45) is 1.72. The Hall–Kier alpha value is -0.320. The molecule has 116 valence electrons. The van der Waals surface area contributed by atoms with Gasteiger partial charge in [0.1, 0.15) is 0 Å². The van der Waals surface area contributed by atoms with E-state index in [1.54, 1.807) is 0 Å². The molecule has 0 aliphatic carbocycles. The van der Waals surface area contributed by atoms with Crippen molar-refractivity contribution >= 4 is 18.3 Å². The molecule has 19 heavy (non-hydrogen) atoms. The van der Waals surface area contributed by atoms with Crippen molar-refractivity contribution in [2.75, 3.05) is 19.7 Å². The number of halogens is 1. The van der Waals surface area contributed by atoms with Crippen molar-refractivity contribution < 1.29 is 9.53 Å². The number of hydrogen-bond acceptors (Lipinski definition) is 3. The van der Waals surface area contributed by atoms with Crippen LogP contribution in [0.15, 0.2) is 0 Å². The Morgan fingerprint density at radius 3 is 2.37 bits per heavy atom. The minimum atomic E-state index is 0. The predicted octanol–water partition coefficient (Wildman–Crippen LogP) is 2.36. The molecule has 0 heterocycles. The number of rotatable bonds is 10. The van der Waals surface area contributed by atoms with Crippen LogP contribution in [0, 0.1) is 5.92 Å². The molecule has 0 spiro atoms. The van der Waals surface area contributed by atoms with Gasteiger partial charge >= 0.3 is 0 Å². The van der Waals surface area contributed by atoms with Gasteiger partial charge in [0, 0.05) is 19.0 Å². The molecule has 0 rings (SSSR count). The van der Waals surface area contributed by atoms with Crippen LogP contribution in [0.4, 0.5) is 0 Å². The lowest BCUT2D eigenvalue weighted by molar-refractivity contribution is -0.122. The Morgan fingerprint density at radius 1 is 1.21 bits per heavy atom. The summed E-state index contributed by atoms with van der Waals surface area (Å²) in [7, 11) is 0. The second-order valence-electron chi connectivity index (χ2n) is 5.32. The van der Waals surface area contributed by atoms with Gasteiger partial charge in [-0.05, 0) is 32.7 Å². The molecule has 0 saturated carbocycles. The molecule has 1 amide bonds. The third kappa shape index (κ3) is 13.9. The molecule has 2 atom stereocenters. The molecule has 0 radical (unpaired) electrons. The highest BCUT2D eigenvalue weighted by Gasteiger charge is 2.08. The van der Waals surface area contributed by atoms with Crippen molar-refractivity contribution in [1.29, 1.82) is 0 Å². The zero-order valence-corrected chi connectivity index (χ0v) is 13.8. The Morgan fingerprint density at radius 2 is 1.84 bits per heavy atom. The van der Waals surface area contributed by atoms with Gasteiger partial charge in [-0.15, -0.1) is 12.4 Å². The minimum absolute atomic E-state index is 0. The Labute approximate surface area is 124 Å². The molecule has 5 heteroatoms. The zero-order chi connectivity index (χ0) is 14.0. The van der Waals surface area contributed by atoms with Gasteiger partial charge in [0.2, 0.25) is 5.91 Å². The fraction of sp³-hybridized carbons (Fsp3) is 0.929. The molecule has 0 fully saturated rings. The first-order valence-corrected chi connectivity index (χ1v) is 7.07. The quantitative estimate of drug-likeness (QED) is 0.650. The number of ether oxygens (including phenoxy) is 1. The summed E-state index contributed by atoms with van der Waals surface area (Å²) in [6, 6.07) is 0.319. The van der Waals surface area contributed by atoms with E-state index < -0.39 is 0 Å². The SMILES string of the molecule is CCN[C@H](C)CNC(=O)CCOC(C)CC(C)C.Cl. The molecule has 0 aromatic rings. The zero-order valence-electron chi connectivity index (χ0n) is 13.0. The lowest BCUT2D eigenvalue weighted by Crippen LogP contribution is -2.39. The highest BCUT2D eigenvalue weighted by Crippen LogP contribution is 2.07. The molecule has 0 aliphatic heterocycles. The van der Waals surface area contributed by atoms with Crippen LogP contribution < -0.4 is 10.6 Å². The number of carbonyl (C=O) groups excluding carboxylic acids is 1. The molecule has 2 N–H and O–H groups in total. The molecule has 0 bridgehead atoms. The maximum atomic E-state index is 11.5. The van der Waals surface area contributed by atoms with Crippen LogP contribution in [0.25, 0.3) is 0 Å². The van der Waals surface area contributed by atoms with Gasteiger partial charge < -0.3 is 15.4 Å². The predicted molar refractivity (Wildman–Crippen MR) is 82.9 cm³/mol. The lowest BCUT2D eigenvalue weighted by atomic mass is 10.1. The topological polar surface area (TPSA) is 50.4 Å². The highest BCUT2D eigenvalue weighted by molar-refractivity contribution is 5.85. The van der Waals surface area contributed by atoms with E-state index in [2.05, 4.69) is 45.3 Å². The van der Waals surface area contributed by atoms with E-state index in [1.807, 2.05) is 0 Å². The molecule has 0 aromatic carbocycles. The van der Waals surface area contributed by atoms with Gasteiger partial charge in [-0.3, -0.25) is 4.79 Å². The molecule has 0 saturated heterocycles. The number of likely N-dealkylation sites (N-methyl/N-ethyl adjacent to an activating group) is 1. The summed E-state index contributed by atoms with van der Waals surface area (Å²) < 4.78 is 5.60. The monoisotopic (exact) mass is 294 g/mol. The average molecular weight is 295 g/mol. The summed E-state index contributed by atoms with van der Waals surface area (Å²) in [4.78, 5) is 11.5. The maximum absolute atomic E-state index is 11.5. The van der Waals surface area contributed by atoms with Gasteiger partial charge in [0.25, 0.3) is 0 Å². The van der Waals surface area contributed by atoms with Crippen LogP contribution in [0.2, 0.25) is 0 Å². The van der Waals surface area contributed by atoms with Gasteiger partial charge in [-0.25, -0.2) is 0 Å². The Balaban J connectivity index is 0. The molecule has 0 aromatic heterocycles. The smallest absolute Gasteiger partial charge is 0.222 e. The maximum Gasteiger partial charge on any atom is 0.222 e. The molecular formula is C14H31ClN2O2. The van der Waals surface area contributed by atoms with Crippen LogP contribution in [0.1, 0.15) is 47.5 Å². The van der Waals surface area contributed by atoms with Crippen molar-refractivity contribution in [3.8, 4) is 0 Å². The van der Waals surface area contributed by atoms with Crippen molar-refractivity contribution in [3.05, 3.63) is 0 Å². The molecule has 0 aliphatic rings. The summed E-state index contributed by atoms with van der Waals surface area (Å²) in [5.74, 6) is 0.700. The third-order valence-electron chi connectivity index (χ3n) is 2.69. The fourth-order valence-electron chi connectivity index (χ4n) is 1.86. The molecular weight excluding hydrogens is 264 g/mol. The first kappa shape index (κ1) is 21.0. The number of hydrogen-bond donors (Lipinski definition) is 2. The van der Waals surface area contributed by atoms with Gasteiger partial charge in [-0.2, -0.15) is 0 Å². The van der Waals surface area contributed by atoms with E-state index in [4.69, 9.17) is 4.74 Å². The normalized spacial score (nSPS) is 13.8. The van der Waals surface area contributed by atoms with Gasteiger partial charge in [-0.1, -0.05) is 20.8 Å². The summed E-state index contributed by atoms with van der Waals surface area (Å²) >= 11 is 0. The summed E-state index contributed by atoms with van der Waals surface area (Å²) in [5.41, 5.74) is 0. The second kappa shape index (κ2) is 12.7. The van der Waals surface area contributed by atoms with Crippen molar-refractivity contribution in [2.24, 2.45) is 5.92 Å². The average Bonchev–Trinajstić information content (AvgIpc) is 2.25. The molecule has 4 nitrogen and oxygen atoms in total. The molecule has 1 unspecified atom stereocenters. The van der Waals surface area contributed by atoms with Crippen molar-refractivity contribution in [3.63, 3.8) is 0 Å². The van der Waals surface area contributed by atoms with Crippen LogP contribution >= 0.6 is 12.4 Å². The van der Waals surface area contributed by atoms with Crippen molar-refractivity contribution in [1.82, 2.24) is 10.6 Å². The number of nitrogens with one attached hydrogen (secondary N) is 2. The van der Waals surface area contributed by atoms with E-state index >= 15 is 0 Å². The van der Waals surface area contributed by atoms with E-state index in [9.17, 15) is 4.79 Å². The lowest BCUT2D eigenvalue weighted by Gasteiger charge is -2.16. The minimum Gasteiger partial charge on any atom is -0.378 e. The first-order chi connectivity index (χ1) is 8.45. The van der Waals surface area contributed by atoms with E-state index in [0.717, 1.165) is 13.0 Å². The van der Waals surface area contributed by atoms with Gasteiger partial charge in [0.15, 0.2) is 0 Å². The fourth-order valence-corrected chi connectivity index (χ4v) is 1.86. The second-order valence-corrected chi connectivity index (χ2v) is 5.32. The van der Waals surface area contributed by atoms with Crippen LogP contribution in [-0.2, 0) is 9.53 Å². The largest absolute Gasteiger partial charge is 0.378 e. The standard InChI is InChI=1S/C14H30N2O2.ClH/c1-6-15-12(4)10-16-14(17)7-8-18-13(5)9-11(2)3;/h11-13,15H,6-10H2,1-5H3,(H,16,17);1H/t12-,13?;/m1./s1. The third-order valence-corrected chi connectivity index (χ3v) is 2.69. The van der Waals surface area contributed by atoms with Crippen LogP contribution in [0.3, 0.4) is 0 Å². The summed E-state index contributed by atoms with van der Waals surface area (Å²) in [6.45, 7) is 12.6. The number of amides is 1. The highest BCUT2D eigenvalue weighted by atomic mass is 35.5. The van der Waals surface area contributed by atoms with E-state index in [1.165, 1.54) is 0 Å². The van der Waals surface area contributed by atoms with E-state index in [-0.39, 0.29) is 24.4 Å².